The van der Waals surface area contributed by atoms with Crippen molar-refractivity contribution in [1.29, 1.82) is 0 Å². The van der Waals surface area contributed by atoms with Gasteiger partial charge in [-0.3, -0.25) is 9.59 Å². The van der Waals surface area contributed by atoms with Crippen LogP contribution in [0.2, 0.25) is 5.02 Å². The van der Waals surface area contributed by atoms with Crippen molar-refractivity contribution in [2.24, 2.45) is 11.5 Å². The predicted octanol–water partition coefficient (Wildman–Crippen LogP) is -0.164. The van der Waals surface area contributed by atoms with Crippen LogP contribution in [0.3, 0.4) is 0 Å². The molecule has 1 aromatic rings. The van der Waals surface area contributed by atoms with Gasteiger partial charge in [0.15, 0.2) is 0 Å². The van der Waals surface area contributed by atoms with Crippen LogP contribution in [0.4, 0.5) is 5.69 Å². The molecule has 104 valence electrons. The first-order valence-electron chi connectivity index (χ1n) is 5.69. The van der Waals surface area contributed by atoms with Gasteiger partial charge in [0, 0.05) is 22.8 Å². The smallest absolute Gasteiger partial charge is 0.236 e. The number of nitrogens with two attached hydrogens (primary N) is 2. The van der Waals surface area contributed by atoms with Gasteiger partial charge in [0.2, 0.25) is 11.8 Å². The lowest BCUT2D eigenvalue weighted by Crippen LogP contribution is -2.40. The molecular formula is C12H17ClN4O2. The van der Waals surface area contributed by atoms with Crippen molar-refractivity contribution in [2.45, 2.75) is 6.54 Å². The van der Waals surface area contributed by atoms with Crippen molar-refractivity contribution >= 4 is 29.1 Å². The number of carbonyl (C=O) groups excluding carboxylic acids is 2. The molecule has 0 aliphatic rings. The predicted molar refractivity (Wildman–Crippen MR) is 74.8 cm³/mol. The van der Waals surface area contributed by atoms with Crippen LogP contribution in [-0.2, 0) is 16.1 Å². The summed E-state index contributed by atoms with van der Waals surface area (Å²) in [5.74, 6) is -1.09. The molecule has 19 heavy (non-hydrogen) atoms. The van der Waals surface area contributed by atoms with E-state index in [-0.39, 0.29) is 13.1 Å². The van der Waals surface area contributed by atoms with E-state index in [4.69, 9.17) is 23.1 Å². The summed E-state index contributed by atoms with van der Waals surface area (Å²) in [6.07, 6.45) is 0. The first-order chi connectivity index (χ1) is 8.95. The molecule has 0 aliphatic carbocycles. The van der Waals surface area contributed by atoms with Crippen molar-refractivity contribution in [3.8, 4) is 0 Å². The molecule has 0 bridgehead atoms. The van der Waals surface area contributed by atoms with Crippen LogP contribution in [0.15, 0.2) is 18.2 Å². The third-order valence-corrected chi connectivity index (χ3v) is 2.84. The Balaban J connectivity index is 3.16. The van der Waals surface area contributed by atoms with Crippen LogP contribution in [0, 0.1) is 0 Å². The number of anilines is 1. The first-order valence-corrected chi connectivity index (χ1v) is 6.07. The second kappa shape index (κ2) is 6.96. The highest BCUT2D eigenvalue weighted by molar-refractivity contribution is 6.31. The molecule has 0 aliphatic heterocycles. The summed E-state index contributed by atoms with van der Waals surface area (Å²) in [4.78, 5) is 23.7. The Morgan fingerprint density at radius 1 is 1.26 bits per heavy atom. The Hall–Kier alpha value is -1.79. The van der Waals surface area contributed by atoms with Gasteiger partial charge in [0.1, 0.15) is 0 Å². The number of nitrogens with one attached hydrogen (secondary N) is 1. The molecule has 0 aromatic heterocycles. The molecule has 5 N–H and O–H groups in total. The van der Waals surface area contributed by atoms with E-state index in [0.717, 1.165) is 5.56 Å². The van der Waals surface area contributed by atoms with E-state index in [1.165, 1.54) is 4.90 Å². The van der Waals surface area contributed by atoms with Crippen LogP contribution in [0.1, 0.15) is 5.56 Å². The molecule has 0 spiro atoms. The number of hydrogen-bond acceptors (Lipinski definition) is 4. The number of halogens is 1. The largest absolute Gasteiger partial charge is 0.368 e. The summed E-state index contributed by atoms with van der Waals surface area (Å²) in [5, 5.41) is 3.53. The van der Waals surface area contributed by atoms with Crippen LogP contribution < -0.4 is 21.7 Å². The highest BCUT2D eigenvalue weighted by Gasteiger charge is 2.17. The lowest BCUT2D eigenvalue weighted by Gasteiger charge is -2.25. The Morgan fingerprint density at radius 2 is 1.84 bits per heavy atom. The van der Waals surface area contributed by atoms with Gasteiger partial charge < -0.3 is 21.7 Å². The van der Waals surface area contributed by atoms with E-state index in [0.29, 0.717) is 17.3 Å². The van der Waals surface area contributed by atoms with Crippen LogP contribution in [0.25, 0.3) is 0 Å². The van der Waals surface area contributed by atoms with Gasteiger partial charge in [0.25, 0.3) is 0 Å². The third kappa shape index (κ3) is 4.42. The van der Waals surface area contributed by atoms with Gasteiger partial charge in [-0.25, -0.2) is 0 Å². The molecule has 1 aromatic carbocycles. The summed E-state index contributed by atoms with van der Waals surface area (Å²) in [6.45, 7) is 0.309. The SMILES string of the molecule is CNCc1c(Cl)cccc1N(CC(N)=O)CC(N)=O. The molecule has 6 nitrogen and oxygen atoms in total. The van der Waals surface area contributed by atoms with Crippen molar-refractivity contribution in [2.75, 3.05) is 25.0 Å². The first kappa shape index (κ1) is 15.3. The molecule has 0 saturated carbocycles. The molecule has 0 atom stereocenters. The van der Waals surface area contributed by atoms with E-state index >= 15 is 0 Å². The summed E-state index contributed by atoms with van der Waals surface area (Å²) in [7, 11) is 1.78. The van der Waals surface area contributed by atoms with Gasteiger partial charge in [-0.2, -0.15) is 0 Å². The number of rotatable bonds is 7. The average Bonchev–Trinajstić information content (AvgIpc) is 2.30. The maximum Gasteiger partial charge on any atom is 0.236 e. The van der Waals surface area contributed by atoms with E-state index in [2.05, 4.69) is 5.32 Å². The lowest BCUT2D eigenvalue weighted by atomic mass is 10.1. The number of amides is 2. The minimum Gasteiger partial charge on any atom is -0.368 e. The zero-order valence-corrected chi connectivity index (χ0v) is 11.4. The Morgan fingerprint density at radius 3 is 2.32 bits per heavy atom. The molecule has 0 radical (unpaired) electrons. The van der Waals surface area contributed by atoms with E-state index in [1.54, 1.807) is 25.2 Å². The van der Waals surface area contributed by atoms with Gasteiger partial charge in [-0.15, -0.1) is 0 Å². The topological polar surface area (TPSA) is 101 Å². The second-order valence-corrected chi connectivity index (χ2v) is 4.46. The van der Waals surface area contributed by atoms with E-state index in [9.17, 15) is 9.59 Å². The van der Waals surface area contributed by atoms with Gasteiger partial charge in [0.05, 0.1) is 13.1 Å². The molecule has 0 heterocycles. The monoisotopic (exact) mass is 284 g/mol. The summed E-state index contributed by atoms with van der Waals surface area (Å²) < 4.78 is 0. The standard InChI is InChI=1S/C12H17ClN4O2/c1-16-5-8-9(13)3-2-4-10(8)17(6-11(14)18)7-12(15)19/h2-4,16H,5-7H2,1H3,(H2,14,18)(H2,15,19). The zero-order valence-electron chi connectivity index (χ0n) is 10.6. The molecule has 0 fully saturated rings. The van der Waals surface area contributed by atoms with Crippen LogP contribution >= 0.6 is 11.6 Å². The Kier molecular flexibility index (Phi) is 5.59. The number of carbonyl (C=O) groups is 2. The number of hydrogen-bond donors (Lipinski definition) is 3. The fourth-order valence-electron chi connectivity index (χ4n) is 1.80. The molecule has 7 heteroatoms. The highest BCUT2D eigenvalue weighted by atomic mass is 35.5. The summed E-state index contributed by atoms with van der Waals surface area (Å²) >= 11 is 6.13. The maximum atomic E-state index is 11.1. The average molecular weight is 285 g/mol. The summed E-state index contributed by atoms with van der Waals surface area (Å²) in [6, 6.07) is 5.25. The number of benzene rings is 1. The number of primary amides is 2. The van der Waals surface area contributed by atoms with Crippen molar-refractivity contribution in [1.82, 2.24) is 5.32 Å². The minimum absolute atomic E-state index is 0.0972. The summed E-state index contributed by atoms with van der Waals surface area (Å²) in [5.41, 5.74) is 11.8. The quantitative estimate of drug-likeness (QED) is 0.647. The van der Waals surface area contributed by atoms with Crippen molar-refractivity contribution in [3.05, 3.63) is 28.8 Å². The molecular weight excluding hydrogens is 268 g/mol. The van der Waals surface area contributed by atoms with Crippen molar-refractivity contribution in [3.63, 3.8) is 0 Å². The van der Waals surface area contributed by atoms with Gasteiger partial charge in [-0.1, -0.05) is 17.7 Å². The molecule has 0 unspecified atom stereocenters. The van der Waals surface area contributed by atoms with Crippen LogP contribution in [-0.4, -0.2) is 32.0 Å². The Labute approximate surface area is 116 Å². The molecule has 1 rings (SSSR count). The normalized spacial score (nSPS) is 10.2. The fraction of sp³-hybridized carbons (Fsp3) is 0.333. The minimum atomic E-state index is -0.545. The van der Waals surface area contributed by atoms with Crippen LogP contribution in [0.5, 0.6) is 0 Å². The zero-order chi connectivity index (χ0) is 14.4. The van der Waals surface area contributed by atoms with E-state index < -0.39 is 11.8 Å². The third-order valence-electron chi connectivity index (χ3n) is 2.48. The Bertz CT molecular complexity index is 463. The van der Waals surface area contributed by atoms with Gasteiger partial charge in [-0.05, 0) is 19.2 Å². The lowest BCUT2D eigenvalue weighted by molar-refractivity contribution is -0.117. The second-order valence-electron chi connectivity index (χ2n) is 4.06. The van der Waals surface area contributed by atoms with E-state index in [1.807, 2.05) is 0 Å². The number of nitrogens with zero attached hydrogens (tertiary/aromatic N) is 1. The molecule has 0 saturated heterocycles. The van der Waals surface area contributed by atoms with Crippen molar-refractivity contribution < 1.29 is 9.59 Å². The highest BCUT2D eigenvalue weighted by Crippen LogP contribution is 2.27. The molecule has 2 amide bonds. The van der Waals surface area contributed by atoms with Gasteiger partial charge >= 0.3 is 0 Å². The fourth-order valence-corrected chi connectivity index (χ4v) is 2.03. The maximum absolute atomic E-state index is 11.1.